The molecule has 0 aliphatic carbocycles. The van der Waals surface area contributed by atoms with E-state index in [2.05, 4.69) is 68.6 Å². The smallest absolute Gasteiger partial charge is 0.0358 e. The molecule has 0 radical (unpaired) electrons. The molecule has 0 heterocycles. The number of nitrogens with one attached hydrogen (secondary N) is 1. The van der Waals surface area contributed by atoms with Gasteiger partial charge in [0, 0.05) is 6.04 Å². The minimum atomic E-state index is 0.376. The van der Waals surface area contributed by atoms with Gasteiger partial charge in [0.2, 0.25) is 0 Å². The Morgan fingerprint density at radius 3 is 1.95 bits per heavy atom. The van der Waals surface area contributed by atoms with Crippen LogP contribution < -0.4 is 5.32 Å². The second-order valence-corrected chi connectivity index (χ2v) is 5.45. The molecule has 1 heteroatoms. The highest BCUT2D eigenvalue weighted by Crippen LogP contribution is 2.21. The zero-order valence-electron chi connectivity index (χ0n) is 12.3. The lowest BCUT2D eigenvalue weighted by Crippen LogP contribution is -2.19. The van der Waals surface area contributed by atoms with Crippen LogP contribution in [-0.2, 0) is 6.42 Å². The van der Waals surface area contributed by atoms with E-state index in [4.69, 9.17) is 0 Å². The van der Waals surface area contributed by atoms with Gasteiger partial charge in [-0.15, -0.1) is 0 Å². The molecule has 1 atom stereocenters. The molecule has 0 saturated carbocycles. The van der Waals surface area contributed by atoms with Gasteiger partial charge in [-0.1, -0.05) is 59.2 Å². The van der Waals surface area contributed by atoms with Gasteiger partial charge in [-0.2, -0.15) is 0 Å². The van der Waals surface area contributed by atoms with Gasteiger partial charge in [0.1, 0.15) is 0 Å². The number of rotatable bonds is 4. The molecule has 19 heavy (non-hydrogen) atoms. The summed E-state index contributed by atoms with van der Waals surface area (Å²) in [6.07, 6.45) is 1.03. The predicted molar refractivity (Wildman–Crippen MR) is 82.6 cm³/mol. The fourth-order valence-corrected chi connectivity index (χ4v) is 2.56. The van der Waals surface area contributed by atoms with Crippen molar-refractivity contribution in [2.24, 2.45) is 0 Å². The van der Waals surface area contributed by atoms with Gasteiger partial charge >= 0.3 is 0 Å². The molecule has 0 fully saturated rings. The zero-order chi connectivity index (χ0) is 13.8. The van der Waals surface area contributed by atoms with E-state index in [1.165, 1.54) is 27.8 Å². The van der Waals surface area contributed by atoms with E-state index in [9.17, 15) is 0 Å². The Morgan fingerprint density at radius 1 is 0.842 bits per heavy atom. The van der Waals surface area contributed by atoms with Crippen LogP contribution in [0.5, 0.6) is 0 Å². The molecule has 1 N–H and O–H groups in total. The molecule has 0 amide bonds. The minimum absolute atomic E-state index is 0.376. The van der Waals surface area contributed by atoms with Crippen molar-refractivity contribution in [1.82, 2.24) is 5.32 Å². The van der Waals surface area contributed by atoms with Crippen LogP contribution in [0.15, 0.2) is 42.5 Å². The molecule has 1 unspecified atom stereocenters. The van der Waals surface area contributed by atoms with Crippen LogP contribution in [0.1, 0.15) is 33.9 Å². The van der Waals surface area contributed by atoms with Crippen molar-refractivity contribution in [3.8, 4) is 0 Å². The minimum Gasteiger partial charge on any atom is -0.313 e. The van der Waals surface area contributed by atoms with Crippen molar-refractivity contribution in [3.05, 3.63) is 70.3 Å². The van der Waals surface area contributed by atoms with Crippen LogP contribution in [0.25, 0.3) is 0 Å². The highest BCUT2D eigenvalue weighted by Gasteiger charge is 2.10. The van der Waals surface area contributed by atoms with Gasteiger partial charge in [0.05, 0.1) is 0 Å². The molecule has 2 aromatic carbocycles. The predicted octanol–water partition coefficient (Wildman–Crippen LogP) is 4.12. The number of hydrogen-bond acceptors (Lipinski definition) is 1. The Bertz CT molecular complexity index is 520. The normalized spacial score (nSPS) is 12.4. The van der Waals surface area contributed by atoms with E-state index >= 15 is 0 Å². The van der Waals surface area contributed by atoms with Crippen LogP contribution >= 0.6 is 0 Å². The van der Waals surface area contributed by atoms with Crippen molar-refractivity contribution in [2.45, 2.75) is 33.2 Å². The first-order valence-electron chi connectivity index (χ1n) is 6.89. The summed E-state index contributed by atoms with van der Waals surface area (Å²) in [7, 11) is 2.04. The molecule has 2 aromatic rings. The molecular formula is C18H23N. The summed E-state index contributed by atoms with van der Waals surface area (Å²) in [5.74, 6) is 0. The van der Waals surface area contributed by atoms with Gasteiger partial charge in [-0.25, -0.2) is 0 Å². The van der Waals surface area contributed by atoms with Crippen molar-refractivity contribution >= 4 is 0 Å². The number of benzene rings is 2. The van der Waals surface area contributed by atoms with Gasteiger partial charge in [-0.05, 0) is 45.4 Å². The van der Waals surface area contributed by atoms with E-state index in [0.717, 1.165) is 6.42 Å². The summed E-state index contributed by atoms with van der Waals surface area (Å²) in [5.41, 5.74) is 6.74. The quantitative estimate of drug-likeness (QED) is 0.864. The highest BCUT2D eigenvalue weighted by molar-refractivity contribution is 5.32. The van der Waals surface area contributed by atoms with Crippen molar-refractivity contribution in [3.63, 3.8) is 0 Å². The highest BCUT2D eigenvalue weighted by atomic mass is 14.9. The lowest BCUT2D eigenvalue weighted by molar-refractivity contribution is 0.591. The largest absolute Gasteiger partial charge is 0.313 e. The maximum absolute atomic E-state index is 3.44. The van der Waals surface area contributed by atoms with E-state index in [0.29, 0.717) is 6.04 Å². The van der Waals surface area contributed by atoms with Crippen molar-refractivity contribution < 1.29 is 0 Å². The third-order valence-corrected chi connectivity index (χ3v) is 3.56. The van der Waals surface area contributed by atoms with Crippen LogP contribution in [0, 0.1) is 20.8 Å². The van der Waals surface area contributed by atoms with Crippen LogP contribution in [0.3, 0.4) is 0 Å². The van der Waals surface area contributed by atoms with E-state index < -0.39 is 0 Å². The molecule has 2 rings (SSSR count). The van der Waals surface area contributed by atoms with Crippen molar-refractivity contribution in [1.29, 1.82) is 0 Å². The topological polar surface area (TPSA) is 12.0 Å². The zero-order valence-corrected chi connectivity index (χ0v) is 12.3. The summed E-state index contributed by atoms with van der Waals surface area (Å²) in [5, 5.41) is 3.44. The molecule has 0 saturated heterocycles. The molecule has 0 aromatic heterocycles. The van der Waals surface area contributed by atoms with E-state index in [1.807, 2.05) is 7.05 Å². The molecule has 100 valence electrons. The van der Waals surface area contributed by atoms with Crippen molar-refractivity contribution in [2.75, 3.05) is 7.05 Å². The SMILES string of the molecule is CNC(Cc1ccc(C)cc1)c1cc(C)cc(C)c1. The monoisotopic (exact) mass is 253 g/mol. The molecule has 0 bridgehead atoms. The third-order valence-electron chi connectivity index (χ3n) is 3.56. The molecule has 0 spiro atoms. The van der Waals surface area contributed by atoms with Crippen LogP contribution in [-0.4, -0.2) is 7.05 Å². The first kappa shape index (κ1) is 13.8. The number of hydrogen-bond donors (Lipinski definition) is 1. The summed E-state index contributed by atoms with van der Waals surface area (Å²) >= 11 is 0. The van der Waals surface area contributed by atoms with Crippen LogP contribution in [0.4, 0.5) is 0 Å². The summed E-state index contributed by atoms with van der Waals surface area (Å²) in [4.78, 5) is 0. The molecule has 0 aliphatic rings. The average Bonchev–Trinajstić information content (AvgIpc) is 2.37. The average molecular weight is 253 g/mol. The first-order valence-corrected chi connectivity index (χ1v) is 6.89. The molecular weight excluding hydrogens is 230 g/mol. The van der Waals surface area contributed by atoms with Gasteiger partial charge in [-0.3, -0.25) is 0 Å². The van der Waals surface area contributed by atoms with E-state index in [1.54, 1.807) is 0 Å². The van der Waals surface area contributed by atoms with Gasteiger partial charge < -0.3 is 5.32 Å². The fraction of sp³-hybridized carbons (Fsp3) is 0.333. The van der Waals surface area contributed by atoms with Gasteiger partial charge in [0.15, 0.2) is 0 Å². The number of aryl methyl sites for hydroxylation is 3. The standard InChI is InChI=1S/C18H23N/c1-13-5-7-16(8-6-13)12-18(19-4)17-10-14(2)9-15(3)11-17/h5-11,18-19H,12H2,1-4H3. The fourth-order valence-electron chi connectivity index (χ4n) is 2.56. The summed E-state index contributed by atoms with van der Waals surface area (Å²) in [6.45, 7) is 6.45. The maximum Gasteiger partial charge on any atom is 0.0358 e. The Hall–Kier alpha value is -1.60. The number of likely N-dealkylation sites (N-methyl/N-ethyl adjacent to an activating group) is 1. The first-order chi connectivity index (χ1) is 9.08. The van der Waals surface area contributed by atoms with E-state index in [-0.39, 0.29) is 0 Å². The second kappa shape index (κ2) is 6.03. The third kappa shape index (κ3) is 3.68. The Kier molecular flexibility index (Phi) is 4.39. The Balaban J connectivity index is 2.22. The Morgan fingerprint density at radius 2 is 1.42 bits per heavy atom. The maximum atomic E-state index is 3.44. The molecule has 0 aliphatic heterocycles. The van der Waals surface area contributed by atoms with Gasteiger partial charge in [0.25, 0.3) is 0 Å². The lowest BCUT2D eigenvalue weighted by atomic mass is 9.96. The second-order valence-electron chi connectivity index (χ2n) is 5.45. The molecule has 1 nitrogen and oxygen atoms in total. The lowest BCUT2D eigenvalue weighted by Gasteiger charge is -2.18. The Labute approximate surface area is 116 Å². The van der Waals surface area contributed by atoms with Crippen LogP contribution in [0.2, 0.25) is 0 Å². The summed E-state index contributed by atoms with van der Waals surface area (Å²) < 4.78 is 0. The summed E-state index contributed by atoms with van der Waals surface area (Å²) in [6, 6.07) is 16.0.